The molecule has 0 saturated carbocycles. The predicted molar refractivity (Wildman–Crippen MR) is 82.2 cm³/mol. The second kappa shape index (κ2) is 5.87. The Morgan fingerprint density at radius 2 is 2.00 bits per heavy atom. The number of aryl methyl sites for hydroxylation is 1. The van der Waals surface area contributed by atoms with Gasteiger partial charge >= 0.3 is 0 Å². The number of hydrogen-bond donors (Lipinski definition) is 1. The van der Waals surface area contributed by atoms with Gasteiger partial charge in [0.05, 0.1) is 10.7 Å². The van der Waals surface area contributed by atoms with Gasteiger partial charge in [-0.2, -0.15) is 0 Å². The maximum Gasteiger partial charge on any atom is 0.244 e. The first kappa shape index (κ1) is 15.9. The first-order valence-corrected chi connectivity index (χ1v) is 7.38. The van der Waals surface area contributed by atoms with Crippen LogP contribution in [0.25, 0.3) is 6.08 Å². The first-order valence-electron chi connectivity index (χ1n) is 6.50. The highest BCUT2D eigenvalue weighted by Gasteiger charge is 2.26. The molecule has 3 nitrogen and oxygen atoms in total. The van der Waals surface area contributed by atoms with Gasteiger partial charge in [0.2, 0.25) is 5.91 Å². The number of rotatable bonds is 4. The van der Waals surface area contributed by atoms with Crippen molar-refractivity contribution in [2.24, 2.45) is 5.41 Å². The Hall–Kier alpha value is -1.16. The van der Waals surface area contributed by atoms with Crippen molar-refractivity contribution in [3.8, 4) is 0 Å². The van der Waals surface area contributed by atoms with E-state index in [2.05, 4.69) is 44.9 Å². The number of amides is 1. The summed E-state index contributed by atoms with van der Waals surface area (Å²) in [5.74, 6) is -0.0695. The molecule has 0 unspecified atom stereocenters. The van der Waals surface area contributed by atoms with Crippen molar-refractivity contribution in [1.82, 2.24) is 10.3 Å². The van der Waals surface area contributed by atoms with E-state index in [9.17, 15) is 4.79 Å². The van der Waals surface area contributed by atoms with Crippen LogP contribution < -0.4 is 5.32 Å². The van der Waals surface area contributed by atoms with Gasteiger partial charge in [0.1, 0.15) is 0 Å². The van der Waals surface area contributed by atoms with Crippen molar-refractivity contribution in [1.29, 1.82) is 0 Å². The summed E-state index contributed by atoms with van der Waals surface area (Å²) in [6.07, 6.45) is 4.24. The van der Waals surface area contributed by atoms with Crippen molar-refractivity contribution >= 4 is 23.3 Å². The highest BCUT2D eigenvalue weighted by Crippen LogP contribution is 2.26. The molecular weight excluding hydrogens is 256 g/mol. The third-order valence-corrected chi connectivity index (χ3v) is 3.27. The molecule has 0 saturated heterocycles. The number of hydrogen-bond acceptors (Lipinski definition) is 3. The Bertz CT molecular complexity index is 467. The minimum Gasteiger partial charge on any atom is -0.348 e. The zero-order chi connectivity index (χ0) is 14.7. The molecule has 1 rings (SSSR count). The molecule has 1 amide bonds. The number of thiazole rings is 1. The van der Waals surface area contributed by atoms with Gasteiger partial charge in [-0.25, -0.2) is 4.98 Å². The minimum atomic E-state index is -0.211. The van der Waals surface area contributed by atoms with Crippen LogP contribution >= 0.6 is 11.3 Å². The van der Waals surface area contributed by atoms with Crippen LogP contribution in [0.15, 0.2) is 11.5 Å². The lowest BCUT2D eigenvalue weighted by atomic mass is 9.82. The number of carbonyl (C=O) groups is 1. The van der Waals surface area contributed by atoms with E-state index in [4.69, 9.17) is 0 Å². The highest BCUT2D eigenvalue weighted by atomic mass is 32.1. The molecule has 1 heterocycles. The summed E-state index contributed by atoms with van der Waals surface area (Å²) in [5, 5.41) is 5.99. The summed E-state index contributed by atoms with van der Waals surface area (Å²) < 4.78 is 0. The van der Waals surface area contributed by atoms with Crippen molar-refractivity contribution < 1.29 is 4.79 Å². The summed E-state index contributed by atoms with van der Waals surface area (Å²) in [5.41, 5.74) is 0.816. The molecule has 0 aliphatic heterocycles. The molecule has 0 bridgehead atoms. The molecular formula is C15H24N2OS. The Balaban J connectivity index is 2.57. The van der Waals surface area contributed by atoms with Crippen LogP contribution in [0.5, 0.6) is 0 Å². The van der Waals surface area contributed by atoms with Gasteiger partial charge in [-0.15, -0.1) is 11.3 Å². The molecule has 0 fully saturated rings. The minimum absolute atomic E-state index is 0.0695. The van der Waals surface area contributed by atoms with Crippen LogP contribution in [0.3, 0.4) is 0 Å². The average Bonchev–Trinajstić information content (AvgIpc) is 2.56. The first-order chi connectivity index (χ1) is 8.57. The van der Waals surface area contributed by atoms with E-state index in [-0.39, 0.29) is 16.9 Å². The lowest BCUT2D eigenvalue weighted by Gasteiger charge is -2.32. The Labute approximate surface area is 120 Å². The number of nitrogens with zero attached hydrogens (tertiary/aromatic N) is 1. The molecule has 0 spiro atoms. The van der Waals surface area contributed by atoms with Crippen LogP contribution in [0.4, 0.5) is 0 Å². The Morgan fingerprint density at radius 1 is 1.37 bits per heavy atom. The van der Waals surface area contributed by atoms with E-state index in [1.165, 1.54) is 0 Å². The van der Waals surface area contributed by atoms with Crippen LogP contribution in [0.2, 0.25) is 0 Å². The second-order valence-corrected chi connectivity index (χ2v) is 7.80. The summed E-state index contributed by atoms with van der Waals surface area (Å²) in [6.45, 7) is 12.6. The van der Waals surface area contributed by atoms with E-state index < -0.39 is 0 Å². The molecule has 1 aromatic heterocycles. The van der Waals surface area contributed by atoms with E-state index in [0.717, 1.165) is 17.1 Å². The van der Waals surface area contributed by atoms with Gasteiger partial charge in [-0.3, -0.25) is 4.79 Å². The molecule has 0 aliphatic carbocycles. The molecule has 0 radical (unpaired) electrons. The van der Waals surface area contributed by atoms with Gasteiger partial charge in [0.15, 0.2) is 0 Å². The topological polar surface area (TPSA) is 42.0 Å². The van der Waals surface area contributed by atoms with Crippen molar-refractivity contribution in [3.05, 3.63) is 22.2 Å². The van der Waals surface area contributed by atoms with Gasteiger partial charge in [0.25, 0.3) is 0 Å². The molecule has 0 aromatic carbocycles. The van der Waals surface area contributed by atoms with Gasteiger partial charge < -0.3 is 5.32 Å². The summed E-state index contributed by atoms with van der Waals surface area (Å²) in [4.78, 5) is 16.2. The summed E-state index contributed by atoms with van der Waals surface area (Å²) in [6, 6.07) is 0. The largest absolute Gasteiger partial charge is 0.348 e. The fourth-order valence-electron chi connectivity index (χ4n) is 2.36. The lowest BCUT2D eigenvalue weighted by molar-refractivity contribution is -0.118. The average molecular weight is 280 g/mol. The van der Waals surface area contributed by atoms with Crippen molar-refractivity contribution in [2.75, 3.05) is 0 Å². The molecule has 1 N–H and O–H groups in total. The van der Waals surface area contributed by atoms with E-state index >= 15 is 0 Å². The third-order valence-electron chi connectivity index (χ3n) is 2.48. The van der Waals surface area contributed by atoms with Crippen LogP contribution in [0, 0.1) is 12.3 Å². The predicted octanol–water partition coefficient (Wildman–Crippen LogP) is 3.80. The van der Waals surface area contributed by atoms with Crippen molar-refractivity contribution in [3.63, 3.8) is 0 Å². The van der Waals surface area contributed by atoms with Crippen LogP contribution in [-0.2, 0) is 4.79 Å². The summed E-state index contributed by atoms with van der Waals surface area (Å²) in [7, 11) is 0. The maximum atomic E-state index is 11.9. The second-order valence-electron chi connectivity index (χ2n) is 6.74. The molecule has 0 aliphatic rings. The smallest absolute Gasteiger partial charge is 0.244 e. The van der Waals surface area contributed by atoms with Gasteiger partial charge in [-0.1, -0.05) is 20.8 Å². The van der Waals surface area contributed by atoms with Crippen molar-refractivity contribution in [2.45, 2.75) is 53.5 Å². The third kappa shape index (κ3) is 6.53. The van der Waals surface area contributed by atoms with Crippen LogP contribution in [-0.4, -0.2) is 16.4 Å². The fraction of sp³-hybridized carbons (Fsp3) is 0.600. The molecule has 4 heteroatoms. The summed E-state index contributed by atoms with van der Waals surface area (Å²) >= 11 is 1.58. The Morgan fingerprint density at radius 3 is 2.47 bits per heavy atom. The molecule has 19 heavy (non-hydrogen) atoms. The zero-order valence-corrected chi connectivity index (χ0v) is 13.5. The molecule has 1 aromatic rings. The Kier molecular flexibility index (Phi) is 4.91. The normalized spacial score (nSPS) is 12.9. The van der Waals surface area contributed by atoms with Crippen LogP contribution in [0.1, 0.15) is 51.7 Å². The number of nitrogens with one attached hydrogen (secondary N) is 1. The monoisotopic (exact) mass is 280 g/mol. The molecule has 106 valence electrons. The number of aromatic nitrogens is 1. The van der Waals surface area contributed by atoms with E-state index in [1.807, 2.05) is 12.3 Å². The standard InChI is InChI=1S/C15H24N2OS/c1-11-16-12(9-19-11)7-8-13(18)17-15(5,6)10-14(2,3)4/h7-9H,10H2,1-6H3,(H,17,18)/b8-7+. The quantitative estimate of drug-likeness (QED) is 0.852. The van der Waals surface area contributed by atoms with Gasteiger partial charge in [-0.05, 0) is 38.7 Å². The van der Waals surface area contributed by atoms with E-state index in [1.54, 1.807) is 23.5 Å². The SMILES string of the molecule is Cc1nc(/C=C/C(=O)NC(C)(C)CC(C)(C)C)cs1. The lowest BCUT2D eigenvalue weighted by Crippen LogP contribution is -2.45. The highest BCUT2D eigenvalue weighted by molar-refractivity contribution is 7.09. The zero-order valence-electron chi connectivity index (χ0n) is 12.7. The van der Waals surface area contributed by atoms with E-state index in [0.29, 0.717) is 0 Å². The fourth-order valence-corrected chi connectivity index (χ4v) is 2.94. The maximum absolute atomic E-state index is 11.9. The van der Waals surface area contributed by atoms with Gasteiger partial charge in [0, 0.05) is 17.0 Å². The molecule has 0 atom stereocenters. The number of carbonyl (C=O) groups excluding carboxylic acids is 1.